The maximum absolute atomic E-state index is 12.3. The van der Waals surface area contributed by atoms with Gasteiger partial charge >= 0.3 is 0 Å². The molecule has 0 saturated carbocycles. The summed E-state index contributed by atoms with van der Waals surface area (Å²) in [4.78, 5) is 23.1. The smallest absolute Gasteiger partial charge is 0.225 e. The van der Waals surface area contributed by atoms with Gasteiger partial charge in [0.25, 0.3) is 0 Å². The molecule has 2 saturated heterocycles. The molecule has 1 aromatic rings. The summed E-state index contributed by atoms with van der Waals surface area (Å²) in [7, 11) is 0. The second-order valence-electron chi connectivity index (χ2n) is 5.86. The molecule has 3 heterocycles. The summed E-state index contributed by atoms with van der Waals surface area (Å²) in [5.74, 6) is 1.05. The minimum atomic E-state index is 0.106. The quantitative estimate of drug-likeness (QED) is 0.880. The Hall–Kier alpha value is -1.21. The zero-order valence-corrected chi connectivity index (χ0v) is 14.1. The standard InChI is InChI=1S/C15H21BrN4O2/c16-12-9-17-15(18-10-12)20-5-1-11(2-6-20)14(21)19-13-3-7-22-8-4-13/h9-11,13H,1-8H2,(H,19,21). The lowest BCUT2D eigenvalue weighted by molar-refractivity contribution is -0.126. The molecular weight excluding hydrogens is 348 g/mol. The maximum atomic E-state index is 12.3. The summed E-state index contributed by atoms with van der Waals surface area (Å²) in [5, 5.41) is 3.18. The van der Waals surface area contributed by atoms with Crippen molar-refractivity contribution < 1.29 is 9.53 Å². The van der Waals surface area contributed by atoms with Crippen molar-refractivity contribution in [3.8, 4) is 0 Å². The highest BCUT2D eigenvalue weighted by Crippen LogP contribution is 2.22. The molecule has 0 bridgehead atoms. The molecule has 1 N–H and O–H groups in total. The molecule has 0 atom stereocenters. The number of anilines is 1. The van der Waals surface area contributed by atoms with E-state index in [1.165, 1.54) is 0 Å². The van der Waals surface area contributed by atoms with Crippen LogP contribution in [0.25, 0.3) is 0 Å². The number of carbonyl (C=O) groups is 1. The van der Waals surface area contributed by atoms with Crippen LogP contribution in [0.3, 0.4) is 0 Å². The molecule has 0 spiro atoms. The molecule has 0 unspecified atom stereocenters. The maximum Gasteiger partial charge on any atom is 0.225 e. The van der Waals surface area contributed by atoms with Crippen LogP contribution in [0, 0.1) is 5.92 Å². The summed E-state index contributed by atoms with van der Waals surface area (Å²) in [6.07, 6.45) is 7.08. The van der Waals surface area contributed by atoms with Crippen molar-refractivity contribution in [3.63, 3.8) is 0 Å². The van der Waals surface area contributed by atoms with Gasteiger partial charge in [-0.3, -0.25) is 4.79 Å². The minimum Gasteiger partial charge on any atom is -0.381 e. The highest BCUT2D eigenvalue weighted by molar-refractivity contribution is 9.10. The number of nitrogens with one attached hydrogen (secondary N) is 1. The summed E-state index contributed by atoms with van der Waals surface area (Å²) in [6, 6.07) is 0.286. The van der Waals surface area contributed by atoms with E-state index in [1.807, 2.05) is 0 Å². The van der Waals surface area contributed by atoms with Crippen molar-refractivity contribution in [1.29, 1.82) is 0 Å². The van der Waals surface area contributed by atoms with Crippen LogP contribution in [0.2, 0.25) is 0 Å². The molecule has 2 aliphatic rings. The van der Waals surface area contributed by atoms with Gasteiger partial charge in [0.05, 0.1) is 4.47 Å². The molecule has 0 radical (unpaired) electrons. The predicted octanol–water partition coefficient (Wildman–Crippen LogP) is 1.75. The molecular formula is C15H21BrN4O2. The average molecular weight is 369 g/mol. The van der Waals surface area contributed by atoms with Crippen molar-refractivity contribution in [2.75, 3.05) is 31.2 Å². The van der Waals surface area contributed by atoms with E-state index in [9.17, 15) is 4.79 Å². The van der Waals surface area contributed by atoms with Gasteiger partial charge in [0.15, 0.2) is 0 Å². The van der Waals surface area contributed by atoms with Crippen LogP contribution in [-0.4, -0.2) is 48.2 Å². The largest absolute Gasteiger partial charge is 0.381 e. The Bertz CT molecular complexity index is 497. The fourth-order valence-electron chi connectivity index (χ4n) is 2.97. The van der Waals surface area contributed by atoms with Crippen LogP contribution in [0.15, 0.2) is 16.9 Å². The first-order chi connectivity index (χ1) is 10.7. The molecule has 1 aromatic heterocycles. The van der Waals surface area contributed by atoms with Gasteiger partial charge in [-0.1, -0.05) is 0 Å². The normalized spacial score (nSPS) is 20.9. The van der Waals surface area contributed by atoms with Gasteiger partial charge in [-0.2, -0.15) is 0 Å². The average Bonchev–Trinajstić information content (AvgIpc) is 2.57. The lowest BCUT2D eigenvalue weighted by Gasteiger charge is -2.32. The van der Waals surface area contributed by atoms with Crippen LogP contribution in [-0.2, 0) is 9.53 Å². The Morgan fingerprint density at radius 1 is 1.18 bits per heavy atom. The number of nitrogens with zero attached hydrogens (tertiary/aromatic N) is 3. The highest BCUT2D eigenvalue weighted by atomic mass is 79.9. The van der Waals surface area contributed by atoms with E-state index in [-0.39, 0.29) is 17.9 Å². The number of piperidine rings is 1. The summed E-state index contributed by atoms with van der Waals surface area (Å²) < 4.78 is 6.20. The first-order valence-electron chi connectivity index (χ1n) is 7.83. The van der Waals surface area contributed by atoms with Crippen LogP contribution >= 0.6 is 15.9 Å². The molecule has 120 valence electrons. The van der Waals surface area contributed by atoms with Gasteiger partial charge in [0, 0.05) is 50.7 Å². The number of amides is 1. The highest BCUT2D eigenvalue weighted by Gasteiger charge is 2.27. The van der Waals surface area contributed by atoms with E-state index in [4.69, 9.17) is 4.74 Å². The fourth-order valence-corrected chi connectivity index (χ4v) is 3.18. The SMILES string of the molecule is O=C(NC1CCOCC1)C1CCN(c2ncc(Br)cn2)CC1. The van der Waals surface area contributed by atoms with Crippen molar-refractivity contribution in [3.05, 3.63) is 16.9 Å². The third-order valence-corrected chi connectivity index (χ3v) is 4.73. The molecule has 6 nitrogen and oxygen atoms in total. The van der Waals surface area contributed by atoms with Gasteiger partial charge in [0.2, 0.25) is 11.9 Å². The summed E-state index contributed by atoms with van der Waals surface area (Å²) in [5.41, 5.74) is 0. The number of ether oxygens (including phenoxy) is 1. The minimum absolute atomic E-state index is 0.106. The Kier molecular flexibility index (Phi) is 5.25. The Balaban J connectivity index is 1.48. The van der Waals surface area contributed by atoms with Gasteiger partial charge in [-0.25, -0.2) is 9.97 Å². The zero-order chi connectivity index (χ0) is 15.4. The Labute approximate surface area is 138 Å². The number of hydrogen-bond donors (Lipinski definition) is 1. The van der Waals surface area contributed by atoms with Gasteiger partial charge in [-0.15, -0.1) is 0 Å². The topological polar surface area (TPSA) is 67.3 Å². The van der Waals surface area contributed by atoms with Crippen molar-refractivity contribution in [1.82, 2.24) is 15.3 Å². The van der Waals surface area contributed by atoms with E-state index in [0.717, 1.165) is 62.4 Å². The summed E-state index contributed by atoms with van der Waals surface area (Å²) >= 11 is 3.34. The molecule has 2 fully saturated rings. The van der Waals surface area contributed by atoms with Crippen LogP contribution in [0.1, 0.15) is 25.7 Å². The molecule has 22 heavy (non-hydrogen) atoms. The first kappa shape index (κ1) is 15.7. The van der Waals surface area contributed by atoms with Crippen molar-refractivity contribution in [2.24, 2.45) is 5.92 Å². The van der Waals surface area contributed by atoms with E-state index in [1.54, 1.807) is 12.4 Å². The zero-order valence-electron chi connectivity index (χ0n) is 12.5. The molecule has 2 aliphatic heterocycles. The molecule has 1 amide bonds. The molecule has 7 heteroatoms. The second kappa shape index (κ2) is 7.37. The predicted molar refractivity (Wildman–Crippen MR) is 86.7 cm³/mol. The number of aromatic nitrogens is 2. The monoisotopic (exact) mass is 368 g/mol. The fraction of sp³-hybridized carbons (Fsp3) is 0.667. The number of hydrogen-bond acceptors (Lipinski definition) is 5. The van der Waals surface area contributed by atoms with Crippen molar-refractivity contribution >= 4 is 27.8 Å². The van der Waals surface area contributed by atoms with E-state index in [0.29, 0.717) is 0 Å². The molecule has 0 aromatic carbocycles. The van der Waals surface area contributed by atoms with Gasteiger partial charge in [0.1, 0.15) is 0 Å². The Morgan fingerprint density at radius 2 is 1.82 bits per heavy atom. The van der Waals surface area contributed by atoms with Crippen LogP contribution in [0.5, 0.6) is 0 Å². The third-order valence-electron chi connectivity index (χ3n) is 4.32. The van der Waals surface area contributed by atoms with Gasteiger partial charge < -0.3 is 15.0 Å². The molecule has 0 aliphatic carbocycles. The number of rotatable bonds is 3. The third kappa shape index (κ3) is 3.95. The number of carbonyl (C=O) groups excluding carboxylic acids is 1. The first-order valence-corrected chi connectivity index (χ1v) is 8.62. The van der Waals surface area contributed by atoms with Crippen LogP contribution < -0.4 is 10.2 Å². The molecule has 3 rings (SSSR count). The van der Waals surface area contributed by atoms with E-state index in [2.05, 4.69) is 36.1 Å². The van der Waals surface area contributed by atoms with E-state index >= 15 is 0 Å². The van der Waals surface area contributed by atoms with E-state index < -0.39 is 0 Å². The lowest BCUT2D eigenvalue weighted by Crippen LogP contribution is -2.45. The second-order valence-corrected chi connectivity index (χ2v) is 6.77. The van der Waals surface area contributed by atoms with Crippen molar-refractivity contribution in [2.45, 2.75) is 31.7 Å². The lowest BCUT2D eigenvalue weighted by atomic mass is 9.95. The number of halogens is 1. The van der Waals surface area contributed by atoms with Crippen LogP contribution in [0.4, 0.5) is 5.95 Å². The Morgan fingerprint density at radius 3 is 2.45 bits per heavy atom. The summed E-state index contributed by atoms with van der Waals surface area (Å²) in [6.45, 7) is 3.16. The van der Waals surface area contributed by atoms with Gasteiger partial charge in [-0.05, 0) is 41.6 Å².